The van der Waals surface area contributed by atoms with Gasteiger partial charge in [0.25, 0.3) is 0 Å². The van der Waals surface area contributed by atoms with Crippen molar-refractivity contribution in [2.45, 2.75) is 24.8 Å². The van der Waals surface area contributed by atoms with E-state index in [4.69, 9.17) is 0 Å². The molecule has 0 saturated heterocycles. The lowest BCUT2D eigenvalue weighted by Crippen LogP contribution is -2.38. The molecule has 0 fully saturated rings. The Kier molecular flexibility index (Phi) is 7.75. The second-order valence-corrected chi connectivity index (χ2v) is 7.70. The van der Waals surface area contributed by atoms with Crippen molar-refractivity contribution in [1.82, 2.24) is 15.4 Å². The van der Waals surface area contributed by atoms with Crippen molar-refractivity contribution in [3.63, 3.8) is 0 Å². The Morgan fingerprint density at radius 1 is 1.07 bits per heavy atom. The van der Waals surface area contributed by atoms with Crippen LogP contribution in [0.3, 0.4) is 0 Å². The number of rotatable bonds is 8. The lowest BCUT2D eigenvalue weighted by Gasteiger charge is -2.12. The number of nitrogens with one attached hydrogen (secondary N) is 3. The first-order valence-electron chi connectivity index (χ1n) is 8.74. The summed E-state index contributed by atoms with van der Waals surface area (Å²) in [6.45, 7) is 3.61. The first-order valence-corrected chi connectivity index (χ1v) is 10.2. The van der Waals surface area contributed by atoms with Gasteiger partial charge >= 0.3 is 0 Å². The summed E-state index contributed by atoms with van der Waals surface area (Å²) in [5.41, 5.74) is 1.54. The minimum atomic E-state index is -3.44. The molecule has 0 unspecified atom stereocenters. The van der Waals surface area contributed by atoms with Crippen molar-refractivity contribution in [3.05, 3.63) is 65.5 Å². The van der Waals surface area contributed by atoms with Crippen molar-refractivity contribution >= 4 is 16.0 Å². The van der Waals surface area contributed by atoms with E-state index < -0.39 is 10.0 Å². The molecule has 0 spiro atoms. The van der Waals surface area contributed by atoms with Gasteiger partial charge in [0.15, 0.2) is 5.96 Å². The van der Waals surface area contributed by atoms with Crippen molar-refractivity contribution in [1.29, 1.82) is 0 Å². The van der Waals surface area contributed by atoms with Gasteiger partial charge in [0.05, 0.1) is 11.4 Å². The monoisotopic (exact) mass is 392 g/mol. The Bertz CT molecular complexity index is 868. The summed E-state index contributed by atoms with van der Waals surface area (Å²) in [5.74, 6) is 0.415. The van der Waals surface area contributed by atoms with Crippen LogP contribution < -0.4 is 15.4 Å². The lowest BCUT2D eigenvalue weighted by atomic mass is 10.1. The molecule has 0 atom stereocenters. The highest BCUT2D eigenvalue weighted by atomic mass is 32.2. The zero-order chi connectivity index (χ0) is 19.7. The number of halogens is 1. The molecule has 0 saturated carbocycles. The molecule has 2 aromatic carbocycles. The van der Waals surface area contributed by atoms with E-state index in [1.54, 1.807) is 36.4 Å². The number of hydrogen-bond donors (Lipinski definition) is 3. The lowest BCUT2D eigenvalue weighted by molar-refractivity contribution is 0.588. The molecule has 0 heterocycles. The molecule has 2 aromatic rings. The van der Waals surface area contributed by atoms with Crippen molar-refractivity contribution < 1.29 is 12.8 Å². The quantitative estimate of drug-likeness (QED) is 0.474. The van der Waals surface area contributed by atoms with Crippen LogP contribution >= 0.6 is 0 Å². The van der Waals surface area contributed by atoms with Crippen LogP contribution in [0.1, 0.15) is 18.1 Å². The Balaban J connectivity index is 1.95. The highest BCUT2D eigenvalue weighted by molar-refractivity contribution is 7.89. The normalized spacial score (nSPS) is 12.0. The largest absolute Gasteiger partial charge is 0.357 e. The average molecular weight is 393 g/mol. The van der Waals surface area contributed by atoms with Gasteiger partial charge in [-0.3, -0.25) is 0 Å². The Labute approximate surface area is 160 Å². The SMILES string of the molecule is CCNC(=NCc1ccc(S(=O)(=O)NC)cc1)NCCc1ccccc1F. The maximum absolute atomic E-state index is 13.7. The summed E-state index contributed by atoms with van der Waals surface area (Å²) >= 11 is 0. The van der Waals surface area contributed by atoms with E-state index >= 15 is 0 Å². The van der Waals surface area contributed by atoms with Gasteiger partial charge in [-0.05, 0) is 49.7 Å². The number of nitrogens with zero attached hydrogens (tertiary/aromatic N) is 1. The molecule has 0 aliphatic carbocycles. The van der Waals surface area contributed by atoms with Gasteiger partial charge in [-0.2, -0.15) is 0 Å². The molecule has 3 N–H and O–H groups in total. The smallest absolute Gasteiger partial charge is 0.240 e. The molecular weight excluding hydrogens is 367 g/mol. The second-order valence-electron chi connectivity index (χ2n) is 5.81. The van der Waals surface area contributed by atoms with Crippen LogP contribution in [0.2, 0.25) is 0 Å². The maximum atomic E-state index is 13.7. The van der Waals surface area contributed by atoms with Gasteiger partial charge in [0.1, 0.15) is 5.82 Å². The van der Waals surface area contributed by atoms with Gasteiger partial charge in [0.2, 0.25) is 10.0 Å². The Hall–Kier alpha value is -2.45. The zero-order valence-corrected chi connectivity index (χ0v) is 16.3. The first-order chi connectivity index (χ1) is 13.0. The van der Waals surface area contributed by atoms with Crippen LogP contribution in [0.25, 0.3) is 0 Å². The Morgan fingerprint density at radius 2 is 1.78 bits per heavy atom. The number of hydrogen-bond acceptors (Lipinski definition) is 3. The highest BCUT2D eigenvalue weighted by Crippen LogP contribution is 2.11. The van der Waals surface area contributed by atoms with Crippen LogP contribution in [-0.2, 0) is 23.0 Å². The van der Waals surface area contributed by atoms with Gasteiger partial charge in [-0.25, -0.2) is 22.5 Å². The average Bonchev–Trinajstić information content (AvgIpc) is 2.68. The summed E-state index contributed by atoms with van der Waals surface area (Å²) in [6.07, 6.45) is 0.549. The van der Waals surface area contributed by atoms with Gasteiger partial charge in [-0.15, -0.1) is 0 Å². The van der Waals surface area contributed by atoms with Gasteiger partial charge < -0.3 is 10.6 Å². The van der Waals surface area contributed by atoms with Crippen LogP contribution in [0.4, 0.5) is 4.39 Å². The minimum absolute atomic E-state index is 0.210. The third-order valence-electron chi connectivity index (χ3n) is 3.91. The number of benzene rings is 2. The zero-order valence-electron chi connectivity index (χ0n) is 15.5. The minimum Gasteiger partial charge on any atom is -0.357 e. The van der Waals surface area contributed by atoms with Crippen LogP contribution in [0.15, 0.2) is 58.4 Å². The van der Waals surface area contributed by atoms with E-state index in [2.05, 4.69) is 20.3 Å². The molecule has 0 aliphatic rings. The topological polar surface area (TPSA) is 82.6 Å². The first kappa shape index (κ1) is 20.9. The van der Waals surface area contributed by atoms with Crippen LogP contribution in [0, 0.1) is 5.82 Å². The predicted octanol–water partition coefficient (Wildman–Crippen LogP) is 2.03. The summed E-state index contributed by atoms with van der Waals surface area (Å²) in [4.78, 5) is 4.70. The summed E-state index contributed by atoms with van der Waals surface area (Å²) in [5, 5.41) is 6.32. The molecule has 0 amide bonds. The molecule has 0 radical (unpaired) electrons. The summed E-state index contributed by atoms with van der Waals surface area (Å²) in [7, 11) is -2.06. The van der Waals surface area contributed by atoms with E-state index in [-0.39, 0.29) is 10.7 Å². The fourth-order valence-corrected chi connectivity index (χ4v) is 3.15. The number of sulfonamides is 1. The Morgan fingerprint density at radius 3 is 2.41 bits per heavy atom. The summed E-state index contributed by atoms with van der Waals surface area (Å²) < 4.78 is 39.4. The van der Waals surface area contributed by atoms with E-state index in [0.29, 0.717) is 37.6 Å². The maximum Gasteiger partial charge on any atom is 0.240 e. The van der Waals surface area contributed by atoms with E-state index in [0.717, 1.165) is 5.56 Å². The molecule has 8 heteroatoms. The van der Waals surface area contributed by atoms with Crippen molar-refractivity contribution in [3.8, 4) is 0 Å². The molecule has 0 aromatic heterocycles. The van der Waals surface area contributed by atoms with Gasteiger partial charge in [-0.1, -0.05) is 30.3 Å². The van der Waals surface area contributed by atoms with Crippen LogP contribution in [0.5, 0.6) is 0 Å². The van der Waals surface area contributed by atoms with E-state index in [1.807, 2.05) is 13.0 Å². The van der Waals surface area contributed by atoms with Crippen LogP contribution in [-0.4, -0.2) is 34.5 Å². The number of guanidine groups is 1. The molecule has 27 heavy (non-hydrogen) atoms. The molecule has 0 bridgehead atoms. The van der Waals surface area contributed by atoms with Gasteiger partial charge in [0, 0.05) is 13.1 Å². The fourth-order valence-electron chi connectivity index (χ4n) is 2.42. The van der Waals surface area contributed by atoms with E-state index in [1.165, 1.54) is 13.1 Å². The van der Waals surface area contributed by atoms with Crippen molar-refractivity contribution in [2.75, 3.05) is 20.1 Å². The fraction of sp³-hybridized carbons (Fsp3) is 0.316. The standard InChI is InChI=1S/C19H25FN4O2S/c1-3-22-19(23-13-12-16-6-4-5-7-18(16)20)24-14-15-8-10-17(11-9-15)27(25,26)21-2/h4-11,21H,3,12-14H2,1-2H3,(H2,22,23,24). The molecule has 146 valence electrons. The summed E-state index contributed by atoms with van der Waals surface area (Å²) in [6, 6.07) is 13.3. The third-order valence-corrected chi connectivity index (χ3v) is 5.34. The third kappa shape index (κ3) is 6.33. The molecule has 0 aliphatic heterocycles. The van der Waals surface area contributed by atoms with Crippen molar-refractivity contribution in [2.24, 2.45) is 4.99 Å². The number of aliphatic imine (C=N–C) groups is 1. The van der Waals surface area contributed by atoms with E-state index in [9.17, 15) is 12.8 Å². The molecule has 6 nitrogen and oxygen atoms in total. The predicted molar refractivity (Wildman–Crippen MR) is 106 cm³/mol. The second kappa shape index (κ2) is 10.0. The molecular formula is C19H25FN4O2S. The molecule has 2 rings (SSSR count). The highest BCUT2D eigenvalue weighted by Gasteiger charge is 2.10.